The summed E-state index contributed by atoms with van der Waals surface area (Å²) in [6.07, 6.45) is 8.09. The Morgan fingerprint density at radius 2 is 2.25 bits per heavy atom. The molecule has 0 aromatic rings. The van der Waals surface area contributed by atoms with Crippen molar-refractivity contribution in [1.29, 1.82) is 0 Å². The number of nitrogens with one attached hydrogen (secondary N) is 1. The molecular formula is C7H13N. The van der Waals surface area contributed by atoms with Gasteiger partial charge >= 0.3 is 0 Å². The molecule has 0 unspecified atom stereocenters. The molecule has 1 heteroatoms. The minimum atomic E-state index is 1.07. The zero-order valence-corrected chi connectivity index (χ0v) is 5.35. The van der Waals surface area contributed by atoms with E-state index in [-0.39, 0.29) is 0 Å². The Labute approximate surface area is 51.1 Å². The summed E-state index contributed by atoms with van der Waals surface area (Å²) >= 11 is 0. The molecule has 0 aliphatic rings. The van der Waals surface area contributed by atoms with Crippen molar-refractivity contribution >= 4 is 0 Å². The second kappa shape index (κ2) is 6.28. The minimum Gasteiger partial charge on any atom is -0.394 e. The van der Waals surface area contributed by atoms with Crippen LogP contribution in [0.5, 0.6) is 0 Å². The zero-order chi connectivity index (χ0) is 6.24. The Balaban J connectivity index is 2.90. The number of hydrogen-bond donors (Lipinski definition) is 1. The SMILES string of the molecule is C=CCC/C=C/NC. The van der Waals surface area contributed by atoms with E-state index in [1.165, 1.54) is 0 Å². The second-order valence-corrected chi connectivity index (χ2v) is 1.56. The molecule has 0 amide bonds. The van der Waals surface area contributed by atoms with Crippen LogP contribution in [0.2, 0.25) is 0 Å². The van der Waals surface area contributed by atoms with E-state index < -0.39 is 0 Å². The highest BCUT2D eigenvalue weighted by Crippen LogP contribution is 1.88. The van der Waals surface area contributed by atoms with E-state index in [1.54, 1.807) is 0 Å². The van der Waals surface area contributed by atoms with Crippen LogP contribution in [0.4, 0.5) is 0 Å². The van der Waals surface area contributed by atoms with Gasteiger partial charge in [0.2, 0.25) is 0 Å². The fourth-order valence-corrected chi connectivity index (χ4v) is 0.415. The lowest BCUT2D eigenvalue weighted by Gasteiger charge is -1.84. The average molecular weight is 111 g/mol. The Bertz CT molecular complexity index is 74.5. The molecule has 0 aliphatic heterocycles. The first-order valence-electron chi connectivity index (χ1n) is 2.85. The standard InChI is InChI=1S/C7H13N/c1-3-4-5-6-7-8-2/h3,6-8H,1,4-5H2,2H3/b7-6+. The topological polar surface area (TPSA) is 12.0 Å². The number of allylic oxidation sites excluding steroid dienone is 2. The van der Waals surface area contributed by atoms with Gasteiger partial charge in [0.15, 0.2) is 0 Å². The number of hydrogen-bond acceptors (Lipinski definition) is 1. The van der Waals surface area contributed by atoms with Gasteiger partial charge in [-0.1, -0.05) is 12.2 Å². The van der Waals surface area contributed by atoms with Crippen LogP contribution >= 0.6 is 0 Å². The van der Waals surface area contributed by atoms with Crippen molar-refractivity contribution in [3.8, 4) is 0 Å². The summed E-state index contributed by atoms with van der Waals surface area (Å²) in [6, 6.07) is 0. The van der Waals surface area contributed by atoms with Gasteiger partial charge in [0, 0.05) is 7.05 Å². The van der Waals surface area contributed by atoms with Crippen LogP contribution in [0.1, 0.15) is 12.8 Å². The molecule has 0 atom stereocenters. The summed E-state index contributed by atoms with van der Waals surface area (Å²) in [5.41, 5.74) is 0. The molecule has 0 saturated carbocycles. The van der Waals surface area contributed by atoms with Gasteiger partial charge in [-0.2, -0.15) is 0 Å². The van der Waals surface area contributed by atoms with Crippen LogP contribution < -0.4 is 5.32 Å². The maximum Gasteiger partial charge on any atom is 0.00276 e. The maximum atomic E-state index is 3.60. The number of rotatable bonds is 4. The summed E-state index contributed by atoms with van der Waals surface area (Å²) in [5.74, 6) is 0. The summed E-state index contributed by atoms with van der Waals surface area (Å²) < 4.78 is 0. The van der Waals surface area contributed by atoms with Crippen LogP contribution in [0, 0.1) is 0 Å². The van der Waals surface area contributed by atoms with Gasteiger partial charge < -0.3 is 5.32 Å². The van der Waals surface area contributed by atoms with Gasteiger partial charge in [-0.05, 0) is 19.0 Å². The third-order valence-corrected chi connectivity index (χ3v) is 0.822. The van der Waals surface area contributed by atoms with Crippen molar-refractivity contribution in [2.24, 2.45) is 0 Å². The molecule has 0 saturated heterocycles. The first kappa shape index (κ1) is 7.28. The summed E-state index contributed by atoms with van der Waals surface area (Å²) in [7, 11) is 1.89. The van der Waals surface area contributed by atoms with Crippen LogP contribution in [0.3, 0.4) is 0 Å². The zero-order valence-electron chi connectivity index (χ0n) is 5.35. The first-order chi connectivity index (χ1) is 3.91. The molecule has 0 bridgehead atoms. The highest BCUT2D eigenvalue weighted by atomic mass is 14.8. The van der Waals surface area contributed by atoms with E-state index in [0.717, 1.165) is 12.8 Å². The molecule has 1 nitrogen and oxygen atoms in total. The third kappa shape index (κ3) is 5.28. The van der Waals surface area contributed by atoms with E-state index in [4.69, 9.17) is 0 Å². The predicted molar refractivity (Wildman–Crippen MR) is 37.6 cm³/mol. The van der Waals surface area contributed by atoms with Crippen molar-refractivity contribution in [2.45, 2.75) is 12.8 Å². The average Bonchev–Trinajstić information content (AvgIpc) is 1.81. The molecule has 0 spiro atoms. The normalized spacial score (nSPS) is 9.62. The van der Waals surface area contributed by atoms with Crippen LogP contribution in [-0.2, 0) is 0 Å². The molecule has 0 rings (SSSR count). The van der Waals surface area contributed by atoms with Crippen LogP contribution in [-0.4, -0.2) is 7.05 Å². The van der Waals surface area contributed by atoms with E-state index in [0.29, 0.717) is 0 Å². The largest absolute Gasteiger partial charge is 0.394 e. The molecule has 0 aromatic carbocycles. The third-order valence-electron chi connectivity index (χ3n) is 0.822. The molecule has 46 valence electrons. The molecule has 0 radical (unpaired) electrons. The Morgan fingerprint density at radius 1 is 1.50 bits per heavy atom. The minimum absolute atomic E-state index is 1.07. The monoisotopic (exact) mass is 111 g/mol. The lowest BCUT2D eigenvalue weighted by molar-refractivity contribution is 1.02. The molecule has 0 aromatic heterocycles. The highest BCUT2D eigenvalue weighted by molar-refractivity contribution is 4.81. The van der Waals surface area contributed by atoms with E-state index >= 15 is 0 Å². The van der Waals surface area contributed by atoms with Gasteiger partial charge in [-0.25, -0.2) is 0 Å². The smallest absolute Gasteiger partial charge is 0.00276 e. The van der Waals surface area contributed by atoms with Crippen molar-refractivity contribution in [1.82, 2.24) is 5.32 Å². The molecule has 8 heavy (non-hydrogen) atoms. The molecular weight excluding hydrogens is 98.1 g/mol. The van der Waals surface area contributed by atoms with E-state index in [9.17, 15) is 0 Å². The van der Waals surface area contributed by atoms with Crippen LogP contribution in [0.25, 0.3) is 0 Å². The van der Waals surface area contributed by atoms with Crippen molar-refractivity contribution in [3.63, 3.8) is 0 Å². The highest BCUT2D eigenvalue weighted by Gasteiger charge is 1.70. The van der Waals surface area contributed by atoms with Crippen molar-refractivity contribution in [2.75, 3.05) is 7.05 Å². The maximum absolute atomic E-state index is 3.60. The number of unbranched alkanes of at least 4 members (excludes halogenated alkanes) is 1. The molecule has 0 aliphatic carbocycles. The predicted octanol–water partition coefficient (Wildman–Crippen LogP) is 1.69. The lowest BCUT2D eigenvalue weighted by atomic mass is 10.3. The molecule has 0 heterocycles. The fraction of sp³-hybridized carbons (Fsp3) is 0.429. The quantitative estimate of drug-likeness (QED) is 0.430. The van der Waals surface area contributed by atoms with Crippen molar-refractivity contribution in [3.05, 3.63) is 24.9 Å². The van der Waals surface area contributed by atoms with Crippen molar-refractivity contribution < 1.29 is 0 Å². The Hall–Kier alpha value is -0.720. The second-order valence-electron chi connectivity index (χ2n) is 1.56. The van der Waals surface area contributed by atoms with Crippen LogP contribution in [0.15, 0.2) is 24.9 Å². The molecule has 0 fully saturated rings. The molecule has 1 N–H and O–H groups in total. The van der Waals surface area contributed by atoms with Gasteiger partial charge in [0.25, 0.3) is 0 Å². The Morgan fingerprint density at radius 3 is 2.75 bits per heavy atom. The summed E-state index contributed by atoms with van der Waals surface area (Å²) in [4.78, 5) is 0. The lowest BCUT2D eigenvalue weighted by Crippen LogP contribution is -1.90. The van der Waals surface area contributed by atoms with Gasteiger partial charge in [-0.15, -0.1) is 6.58 Å². The van der Waals surface area contributed by atoms with Gasteiger partial charge in [-0.3, -0.25) is 0 Å². The first-order valence-corrected chi connectivity index (χ1v) is 2.85. The van der Waals surface area contributed by atoms with E-state index in [1.807, 2.05) is 19.3 Å². The van der Waals surface area contributed by atoms with E-state index in [2.05, 4.69) is 18.0 Å². The Kier molecular flexibility index (Phi) is 5.71. The van der Waals surface area contributed by atoms with Gasteiger partial charge in [0.1, 0.15) is 0 Å². The van der Waals surface area contributed by atoms with Gasteiger partial charge in [0.05, 0.1) is 0 Å². The fourth-order valence-electron chi connectivity index (χ4n) is 0.415. The summed E-state index contributed by atoms with van der Waals surface area (Å²) in [6.45, 7) is 3.60. The summed E-state index contributed by atoms with van der Waals surface area (Å²) in [5, 5.41) is 2.91.